The largest absolute Gasteiger partial charge is 0.508 e. The number of anilines is 1. The molecule has 2 N–H and O–H groups in total. The lowest BCUT2D eigenvalue weighted by Gasteiger charge is -2.14. The fourth-order valence-electron chi connectivity index (χ4n) is 2.89. The third-order valence-electron chi connectivity index (χ3n) is 4.41. The SMILES string of the molecule is O=C(CCCCCN1C(=O)/C(=C\c2ccccc2)SC1=S)Nc1ccc(O)cc1. The summed E-state index contributed by atoms with van der Waals surface area (Å²) in [4.78, 5) is 26.8. The summed E-state index contributed by atoms with van der Waals surface area (Å²) in [5.41, 5.74) is 1.64. The predicted octanol–water partition coefficient (Wildman–Crippen LogP) is 4.79. The number of phenolic OH excluding ortho intramolecular Hbond substituents is 1. The average molecular weight is 427 g/mol. The van der Waals surface area contributed by atoms with E-state index in [0.29, 0.717) is 27.9 Å². The van der Waals surface area contributed by atoms with Crippen LogP contribution >= 0.6 is 24.0 Å². The zero-order valence-corrected chi connectivity index (χ0v) is 17.5. The second-order valence-corrected chi connectivity index (χ2v) is 8.33. The summed E-state index contributed by atoms with van der Waals surface area (Å²) in [6.07, 6.45) is 4.63. The van der Waals surface area contributed by atoms with Gasteiger partial charge < -0.3 is 10.4 Å². The number of hydrogen-bond donors (Lipinski definition) is 2. The number of thioether (sulfide) groups is 1. The van der Waals surface area contributed by atoms with E-state index < -0.39 is 0 Å². The van der Waals surface area contributed by atoms with Crippen LogP contribution in [0.15, 0.2) is 59.5 Å². The number of aromatic hydroxyl groups is 1. The van der Waals surface area contributed by atoms with Crippen LogP contribution in [0.3, 0.4) is 0 Å². The number of benzene rings is 2. The highest BCUT2D eigenvalue weighted by molar-refractivity contribution is 8.26. The Labute approximate surface area is 179 Å². The molecule has 1 aliphatic rings. The normalized spacial score (nSPS) is 15.2. The van der Waals surface area contributed by atoms with Gasteiger partial charge in [0.2, 0.25) is 5.91 Å². The van der Waals surface area contributed by atoms with Crippen LogP contribution in [0.5, 0.6) is 5.75 Å². The number of carbonyl (C=O) groups excluding carboxylic acids is 2. The second-order valence-electron chi connectivity index (χ2n) is 6.65. The number of nitrogens with zero attached hydrogens (tertiary/aromatic N) is 1. The number of rotatable bonds is 8. The summed E-state index contributed by atoms with van der Waals surface area (Å²) in [6, 6.07) is 16.1. The molecular formula is C22H22N2O3S2. The van der Waals surface area contributed by atoms with Crippen LogP contribution in [0.2, 0.25) is 0 Å². The lowest BCUT2D eigenvalue weighted by Crippen LogP contribution is -2.29. The molecule has 2 aromatic carbocycles. The van der Waals surface area contributed by atoms with Crippen molar-refractivity contribution in [2.24, 2.45) is 0 Å². The Morgan fingerprint density at radius 3 is 2.52 bits per heavy atom. The molecule has 0 aromatic heterocycles. The highest BCUT2D eigenvalue weighted by Crippen LogP contribution is 2.32. The van der Waals surface area contributed by atoms with Crippen molar-refractivity contribution in [2.45, 2.75) is 25.7 Å². The van der Waals surface area contributed by atoms with E-state index in [4.69, 9.17) is 12.2 Å². The molecule has 0 radical (unpaired) electrons. The predicted molar refractivity (Wildman–Crippen MR) is 122 cm³/mol. The van der Waals surface area contributed by atoms with E-state index in [2.05, 4.69) is 5.32 Å². The van der Waals surface area contributed by atoms with Gasteiger partial charge in [-0.1, -0.05) is 60.7 Å². The van der Waals surface area contributed by atoms with E-state index in [1.807, 2.05) is 36.4 Å². The van der Waals surface area contributed by atoms with E-state index in [1.54, 1.807) is 17.0 Å². The lowest BCUT2D eigenvalue weighted by molar-refractivity contribution is -0.122. The molecule has 0 unspecified atom stereocenters. The molecule has 3 rings (SSSR count). The zero-order chi connectivity index (χ0) is 20.6. The van der Waals surface area contributed by atoms with Crippen LogP contribution in [0.25, 0.3) is 6.08 Å². The summed E-state index contributed by atoms with van der Waals surface area (Å²) in [5.74, 6) is 0.0540. The summed E-state index contributed by atoms with van der Waals surface area (Å²) in [7, 11) is 0. The minimum Gasteiger partial charge on any atom is -0.508 e. The van der Waals surface area contributed by atoms with E-state index in [1.165, 1.54) is 23.9 Å². The monoisotopic (exact) mass is 426 g/mol. The van der Waals surface area contributed by atoms with Gasteiger partial charge in [-0.3, -0.25) is 14.5 Å². The number of thiocarbonyl (C=S) groups is 1. The molecule has 0 atom stereocenters. The van der Waals surface area contributed by atoms with Crippen molar-refractivity contribution in [3.63, 3.8) is 0 Å². The molecule has 0 saturated carbocycles. The molecule has 0 bridgehead atoms. The average Bonchev–Trinajstić information content (AvgIpc) is 2.97. The van der Waals surface area contributed by atoms with Gasteiger partial charge in [-0.2, -0.15) is 0 Å². The number of unbranched alkanes of at least 4 members (excludes halogenated alkanes) is 2. The minimum atomic E-state index is -0.0629. The van der Waals surface area contributed by atoms with E-state index in [0.717, 1.165) is 24.8 Å². The molecule has 1 saturated heterocycles. The van der Waals surface area contributed by atoms with Crippen molar-refractivity contribution in [1.29, 1.82) is 0 Å². The number of carbonyl (C=O) groups is 2. The van der Waals surface area contributed by atoms with Gasteiger partial charge in [0.05, 0.1) is 4.91 Å². The quantitative estimate of drug-likeness (QED) is 0.275. The standard InChI is InChI=1S/C22H22N2O3S2/c25-18-12-10-17(11-13-18)23-20(26)9-5-2-6-14-24-21(27)19(29-22(24)28)15-16-7-3-1-4-8-16/h1,3-4,7-8,10-13,15,25H,2,5-6,9,14H2,(H,23,26)/b19-15+. The van der Waals surface area contributed by atoms with Crippen LogP contribution in [0.1, 0.15) is 31.2 Å². The Morgan fingerprint density at radius 2 is 1.79 bits per heavy atom. The molecule has 29 heavy (non-hydrogen) atoms. The maximum atomic E-state index is 12.6. The number of hydrogen-bond acceptors (Lipinski definition) is 5. The minimum absolute atomic E-state index is 0.0473. The highest BCUT2D eigenvalue weighted by atomic mass is 32.2. The Morgan fingerprint density at radius 1 is 1.07 bits per heavy atom. The molecule has 2 amide bonds. The van der Waals surface area contributed by atoms with Crippen LogP contribution in [0, 0.1) is 0 Å². The van der Waals surface area contributed by atoms with Gasteiger partial charge >= 0.3 is 0 Å². The third-order valence-corrected chi connectivity index (χ3v) is 5.79. The molecule has 150 valence electrons. The first-order valence-electron chi connectivity index (χ1n) is 9.42. The fraction of sp³-hybridized carbons (Fsp3) is 0.227. The molecule has 1 aliphatic heterocycles. The van der Waals surface area contributed by atoms with Crippen molar-refractivity contribution < 1.29 is 14.7 Å². The molecular weight excluding hydrogens is 404 g/mol. The van der Waals surface area contributed by atoms with Gasteiger partial charge in [0, 0.05) is 18.7 Å². The van der Waals surface area contributed by atoms with Gasteiger partial charge in [0.15, 0.2) is 0 Å². The van der Waals surface area contributed by atoms with Crippen LogP contribution in [-0.4, -0.2) is 32.7 Å². The zero-order valence-electron chi connectivity index (χ0n) is 15.8. The van der Waals surface area contributed by atoms with Gasteiger partial charge in [-0.15, -0.1) is 0 Å². The topological polar surface area (TPSA) is 69.6 Å². The highest BCUT2D eigenvalue weighted by Gasteiger charge is 2.31. The van der Waals surface area contributed by atoms with Crippen LogP contribution in [0.4, 0.5) is 5.69 Å². The molecule has 7 heteroatoms. The summed E-state index contributed by atoms with van der Waals surface area (Å²) in [5, 5.41) is 12.1. The van der Waals surface area contributed by atoms with E-state index in [9.17, 15) is 14.7 Å². The number of phenols is 1. The van der Waals surface area contributed by atoms with E-state index >= 15 is 0 Å². The van der Waals surface area contributed by atoms with E-state index in [-0.39, 0.29) is 17.6 Å². The van der Waals surface area contributed by atoms with Crippen molar-refractivity contribution >= 4 is 51.9 Å². The van der Waals surface area contributed by atoms with Crippen molar-refractivity contribution in [3.05, 3.63) is 65.1 Å². The first kappa shape index (κ1) is 21.1. The Kier molecular flexibility index (Phi) is 7.43. The Balaban J connectivity index is 1.39. The third kappa shape index (κ3) is 6.17. The molecule has 1 heterocycles. The Bertz CT molecular complexity index is 911. The Hall–Kier alpha value is -2.64. The van der Waals surface area contributed by atoms with Crippen molar-refractivity contribution in [2.75, 3.05) is 11.9 Å². The van der Waals surface area contributed by atoms with Crippen molar-refractivity contribution in [1.82, 2.24) is 4.90 Å². The molecule has 1 fully saturated rings. The van der Waals surface area contributed by atoms with Gasteiger partial charge in [0.25, 0.3) is 5.91 Å². The first-order chi connectivity index (χ1) is 14.0. The summed E-state index contributed by atoms with van der Waals surface area (Å²) in [6.45, 7) is 0.566. The second kappa shape index (κ2) is 10.2. The molecule has 2 aromatic rings. The fourth-order valence-corrected chi connectivity index (χ4v) is 4.20. The maximum Gasteiger partial charge on any atom is 0.266 e. The maximum absolute atomic E-state index is 12.6. The summed E-state index contributed by atoms with van der Waals surface area (Å²) >= 11 is 6.69. The van der Waals surface area contributed by atoms with Crippen LogP contribution in [-0.2, 0) is 9.59 Å². The van der Waals surface area contributed by atoms with Crippen molar-refractivity contribution in [3.8, 4) is 5.75 Å². The molecule has 0 aliphatic carbocycles. The number of nitrogens with one attached hydrogen (secondary N) is 1. The first-order valence-corrected chi connectivity index (χ1v) is 10.6. The van der Waals surface area contributed by atoms with Gasteiger partial charge in [0.1, 0.15) is 10.1 Å². The van der Waals surface area contributed by atoms with Crippen LogP contribution < -0.4 is 5.32 Å². The smallest absolute Gasteiger partial charge is 0.266 e. The molecule has 5 nitrogen and oxygen atoms in total. The van der Waals surface area contributed by atoms with Gasteiger partial charge in [-0.05, 0) is 48.7 Å². The molecule has 0 spiro atoms. The number of amides is 2. The van der Waals surface area contributed by atoms with Gasteiger partial charge in [-0.25, -0.2) is 0 Å². The lowest BCUT2D eigenvalue weighted by atomic mass is 10.1. The summed E-state index contributed by atoms with van der Waals surface area (Å²) < 4.78 is 0.585.